The number of hydrogen-bond donors (Lipinski definition) is 2. The molecule has 0 bridgehead atoms. The van der Waals surface area contributed by atoms with Crippen LogP contribution < -0.4 is 10.5 Å². The minimum atomic E-state index is -3.72. The first-order valence-corrected chi connectivity index (χ1v) is 7.43. The van der Waals surface area contributed by atoms with Gasteiger partial charge in [0.1, 0.15) is 6.04 Å². The third-order valence-electron chi connectivity index (χ3n) is 3.29. The highest BCUT2D eigenvalue weighted by Gasteiger charge is 2.32. The lowest BCUT2D eigenvalue weighted by Crippen LogP contribution is -2.40. The SMILES string of the molecule is Cc1ccc(S(=O)(=O)NC2CCN(C)C2=O)cc1N. The summed E-state index contributed by atoms with van der Waals surface area (Å²) in [5, 5.41) is 0. The van der Waals surface area contributed by atoms with E-state index in [9.17, 15) is 13.2 Å². The van der Waals surface area contributed by atoms with Crippen molar-refractivity contribution >= 4 is 21.6 Å². The Bertz CT molecular complexity index is 613. The van der Waals surface area contributed by atoms with Crippen molar-refractivity contribution in [2.45, 2.75) is 24.3 Å². The van der Waals surface area contributed by atoms with Gasteiger partial charge in [-0.15, -0.1) is 0 Å². The van der Waals surface area contributed by atoms with Crippen LogP contribution in [0.15, 0.2) is 23.1 Å². The van der Waals surface area contributed by atoms with Crippen LogP contribution in [0.5, 0.6) is 0 Å². The molecule has 1 aliphatic rings. The Hall–Kier alpha value is -1.60. The summed E-state index contributed by atoms with van der Waals surface area (Å²) < 4.78 is 26.8. The number of amides is 1. The van der Waals surface area contributed by atoms with Crippen molar-refractivity contribution in [2.75, 3.05) is 19.3 Å². The molecule has 3 N–H and O–H groups in total. The molecule has 7 heteroatoms. The topological polar surface area (TPSA) is 92.5 Å². The fourth-order valence-corrected chi connectivity index (χ4v) is 3.23. The fourth-order valence-electron chi connectivity index (χ4n) is 1.97. The first kappa shape index (κ1) is 13.8. The number of nitrogen functional groups attached to an aromatic ring is 1. The highest BCUT2D eigenvalue weighted by Crippen LogP contribution is 2.19. The summed E-state index contributed by atoms with van der Waals surface area (Å²) in [6.45, 7) is 2.36. The van der Waals surface area contributed by atoms with Gasteiger partial charge in [-0.1, -0.05) is 6.07 Å². The largest absolute Gasteiger partial charge is 0.398 e. The van der Waals surface area contributed by atoms with Gasteiger partial charge in [0.15, 0.2) is 0 Å². The lowest BCUT2D eigenvalue weighted by molar-refractivity contribution is -0.127. The molecule has 1 aromatic carbocycles. The third kappa shape index (κ3) is 2.71. The Balaban J connectivity index is 2.23. The monoisotopic (exact) mass is 283 g/mol. The van der Waals surface area contributed by atoms with E-state index >= 15 is 0 Å². The van der Waals surface area contributed by atoms with Crippen LogP contribution in [-0.2, 0) is 14.8 Å². The molecule has 1 aliphatic heterocycles. The first-order valence-electron chi connectivity index (χ1n) is 5.95. The van der Waals surface area contributed by atoms with Crippen LogP contribution in [0.2, 0.25) is 0 Å². The molecular formula is C12H17N3O3S. The van der Waals surface area contributed by atoms with Crippen molar-refractivity contribution in [1.29, 1.82) is 0 Å². The van der Waals surface area contributed by atoms with Crippen LogP contribution in [0.4, 0.5) is 5.69 Å². The lowest BCUT2D eigenvalue weighted by Gasteiger charge is -2.13. The zero-order chi connectivity index (χ0) is 14.2. The highest BCUT2D eigenvalue weighted by molar-refractivity contribution is 7.89. The summed E-state index contributed by atoms with van der Waals surface area (Å²) in [7, 11) is -2.06. The minimum absolute atomic E-state index is 0.0814. The molecular weight excluding hydrogens is 266 g/mol. The maximum absolute atomic E-state index is 12.2. The third-order valence-corrected chi connectivity index (χ3v) is 4.76. The van der Waals surface area contributed by atoms with Crippen molar-refractivity contribution in [1.82, 2.24) is 9.62 Å². The van der Waals surface area contributed by atoms with Crippen LogP contribution in [0.3, 0.4) is 0 Å². The second-order valence-electron chi connectivity index (χ2n) is 4.74. The number of nitrogens with two attached hydrogens (primary N) is 1. The second-order valence-corrected chi connectivity index (χ2v) is 6.45. The Labute approximate surface area is 112 Å². The molecule has 0 saturated carbocycles. The number of carbonyl (C=O) groups excluding carboxylic acids is 1. The van der Waals surface area contributed by atoms with Crippen LogP contribution in [0, 0.1) is 6.92 Å². The zero-order valence-corrected chi connectivity index (χ0v) is 11.7. The highest BCUT2D eigenvalue weighted by atomic mass is 32.2. The van der Waals surface area contributed by atoms with Gasteiger partial charge in [0.05, 0.1) is 4.90 Å². The number of rotatable bonds is 3. The van der Waals surface area contributed by atoms with Gasteiger partial charge in [0.2, 0.25) is 15.9 Å². The fraction of sp³-hybridized carbons (Fsp3) is 0.417. The predicted octanol–water partition coefficient (Wildman–Crippen LogP) is 0.0862. The van der Waals surface area contributed by atoms with Gasteiger partial charge in [-0.25, -0.2) is 8.42 Å². The summed E-state index contributed by atoms with van der Waals surface area (Å²) >= 11 is 0. The number of sulfonamides is 1. The maximum Gasteiger partial charge on any atom is 0.241 e. The summed E-state index contributed by atoms with van der Waals surface area (Å²) in [4.78, 5) is 13.3. The van der Waals surface area contributed by atoms with Crippen molar-refractivity contribution in [2.24, 2.45) is 0 Å². The first-order chi connectivity index (χ1) is 8.81. The number of likely N-dealkylation sites (N-methyl/N-ethyl adjacent to an activating group) is 1. The minimum Gasteiger partial charge on any atom is -0.398 e. The standard InChI is InChI=1S/C12H17N3O3S/c1-8-3-4-9(7-10(8)13)19(17,18)14-11-5-6-15(2)12(11)16/h3-4,7,11,14H,5-6,13H2,1-2H3. The Kier molecular flexibility index (Phi) is 3.51. The van der Waals surface area contributed by atoms with Crippen LogP contribution in [-0.4, -0.2) is 38.9 Å². The zero-order valence-electron chi connectivity index (χ0n) is 10.9. The van der Waals surface area contributed by atoms with Crippen molar-refractivity contribution in [3.05, 3.63) is 23.8 Å². The molecule has 1 unspecified atom stereocenters. The molecule has 0 aromatic heterocycles. The van der Waals surface area contributed by atoms with E-state index in [1.807, 2.05) is 0 Å². The molecule has 6 nitrogen and oxygen atoms in total. The summed E-state index contributed by atoms with van der Waals surface area (Å²) in [6.07, 6.45) is 0.482. The molecule has 104 valence electrons. The number of nitrogens with zero attached hydrogens (tertiary/aromatic N) is 1. The van der Waals surface area contributed by atoms with Crippen LogP contribution >= 0.6 is 0 Å². The number of carbonyl (C=O) groups is 1. The van der Waals surface area contributed by atoms with E-state index in [1.165, 1.54) is 17.0 Å². The van der Waals surface area contributed by atoms with Crippen LogP contribution in [0.1, 0.15) is 12.0 Å². The average molecular weight is 283 g/mol. The molecule has 1 fully saturated rings. The number of nitrogens with one attached hydrogen (secondary N) is 1. The van der Waals surface area contributed by atoms with Crippen molar-refractivity contribution in [3.8, 4) is 0 Å². The molecule has 19 heavy (non-hydrogen) atoms. The van der Waals surface area contributed by atoms with Gasteiger partial charge in [-0.2, -0.15) is 4.72 Å². The van der Waals surface area contributed by atoms with E-state index in [0.29, 0.717) is 18.7 Å². The summed E-state index contributed by atoms with van der Waals surface area (Å²) in [5.41, 5.74) is 6.94. The van der Waals surface area contributed by atoms with Gasteiger partial charge in [0, 0.05) is 19.3 Å². The van der Waals surface area contributed by atoms with Gasteiger partial charge < -0.3 is 10.6 Å². The number of likely N-dealkylation sites (tertiary alicyclic amines) is 1. The van der Waals surface area contributed by atoms with Gasteiger partial charge in [0.25, 0.3) is 0 Å². The van der Waals surface area contributed by atoms with Gasteiger partial charge >= 0.3 is 0 Å². The quantitative estimate of drug-likeness (QED) is 0.769. The van der Waals surface area contributed by atoms with Crippen molar-refractivity contribution in [3.63, 3.8) is 0 Å². The molecule has 0 radical (unpaired) electrons. The van der Waals surface area contributed by atoms with E-state index in [-0.39, 0.29) is 10.8 Å². The van der Waals surface area contributed by atoms with E-state index < -0.39 is 16.1 Å². The lowest BCUT2D eigenvalue weighted by atomic mass is 10.2. The van der Waals surface area contributed by atoms with E-state index in [1.54, 1.807) is 20.0 Å². The van der Waals surface area contributed by atoms with Gasteiger partial charge in [-0.05, 0) is 31.0 Å². The maximum atomic E-state index is 12.2. The Morgan fingerprint density at radius 1 is 1.42 bits per heavy atom. The number of benzene rings is 1. The van der Waals surface area contributed by atoms with E-state index in [0.717, 1.165) is 5.56 Å². The molecule has 1 saturated heterocycles. The molecule has 1 heterocycles. The molecule has 1 aromatic rings. The van der Waals surface area contributed by atoms with Gasteiger partial charge in [-0.3, -0.25) is 4.79 Å². The van der Waals surface area contributed by atoms with Crippen LogP contribution in [0.25, 0.3) is 0 Å². The Morgan fingerprint density at radius 2 is 2.11 bits per heavy atom. The molecule has 1 atom stereocenters. The smallest absolute Gasteiger partial charge is 0.241 e. The number of aryl methyl sites for hydroxylation is 1. The summed E-state index contributed by atoms with van der Waals surface area (Å²) in [5.74, 6) is -0.205. The number of anilines is 1. The molecule has 0 spiro atoms. The van der Waals surface area contributed by atoms with E-state index in [2.05, 4.69) is 4.72 Å². The normalized spacial score (nSPS) is 20.0. The molecule has 0 aliphatic carbocycles. The summed E-state index contributed by atoms with van der Waals surface area (Å²) in [6, 6.07) is 3.85. The number of hydrogen-bond acceptors (Lipinski definition) is 4. The van der Waals surface area contributed by atoms with Crippen molar-refractivity contribution < 1.29 is 13.2 Å². The average Bonchev–Trinajstić information content (AvgIpc) is 2.64. The Morgan fingerprint density at radius 3 is 2.63 bits per heavy atom. The predicted molar refractivity (Wildman–Crippen MR) is 72.0 cm³/mol. The van der Waals surface area contributed by atoms with E-state index in [4.69, 9.17) is 5.73 Å². The molecule has 1 amide bonds. The second kappa shape index (κ2) is 4.82. The molecule has 2 rings (SSSR count).